The van der Waals surface area contributed by atoms with Crippen LogP contribution in [-0.4, -0.2) is 34.7 Å². The van der Waals surface area contributed by atoms with Crippen LogP contribution in [0, 0.1) is 30.3 Å². The van der Waals surface area contributed by atoms with Crippen LogP contribution in [0.1, 0.15) is 0 Å². The smallest absolute Gasteiger partial charge is 0.336 e. The van der Waals surface area contributed by atoms with Gasteiger partial charge in [-0.1, -0.05) is 6.07 Å². The third kappa shape index (κ3) is 3.62. The number of hydrogen-bond donors (Lipinski definition) is 5. The predicted octanol–water partition coefficient (Wildman–Crippen LogP) is 6.13. The summed E-state index contributed by atoms with van der Waals surface area (Å²) in [6.07, 6.45) is 0. The Balaban J connectivity index is 0.000000152. The van der Waals surface area contributed by atoms with Crippen LogP contribution in [0.25, 0.3) is 43.6 Å². The van der Waals surface area contributed by atoms with Gasteiger partial charge in [-0.25, -0.2) is 15.0 Å². The number of benzene rings is 2. The Morgan fingerprint density at radius 2 is 1.11 bits per heavy atom. The molecule has 16 heteroatoms. The maximum Gasteiger partial charge on any atom is 0.336 e. The summed E-state index contributed by atoms with van der Waals surface area (Å²) in [4.78, 5) is 42.0. The van der Waals surface area contributed by atoms with E-state index >= 15 is 0 Å². The molecule has 0 radical (unpaired) electrons. The van der Waals surface area contributed by atoms with E-state index in [1.165, 1.54) is 6.07 Å². The first-order valence-electron chi connectivity index (χ1n) is 9.91. The first kappa shape index (κ1) is 23.3. The molecule has 0 unspecified atom stereocenters. The molecule has 6 aromatic rings. The van der Waals surface area contributed by atoms with Gasteiger partial charge in [0, 0.05) is 27.6 Å². The van der Waals surface area contributed by atoms with Crippen LogP contribution >= 0.6 is 31.9 Å². The Morgan fingerprint density at radius 1 is 0.639 bits per heavy atom. The SMILES string of the molecule is Nc1cc2ccc3cc([N+](=O)[O-])[nH]c3c2[nH]1.O=[N+]([O-])c1[nH]c2c(ccc3c(Br)c([N+](=O)[O-])[nH]c32)c1Br. The van der Waals surface area contributed by atoms with Crippen molar-refractivity contribution in [1.29, 1.82) is 0 Å². The van der Waals surface area contributed by atoms with E-state index in [0.29, 0.717) is 42.1 Å². The van der Waals surface area contributed by atoms with Gasteiger partial charge in [0.1, 0.15) is 14.8 Å². The van der Waals surface area contributed by atoms with Gasteiger partial charge in [0.05, 0.1) is 5.52 Å². The van der Waals surface area contributed by atoms with E-state index in [1.54, 1.807) is 18.2 Å². The zero-order valence-corrected chi connectivity index (χ0v) is 20.8. The average molecular weight is 620 g/mol. The Labute approximate surface area is 214 Å². The third-order valence-corrected chi connectivity index (χ3v) is 7.14. The number of anilines is 1. The van der Waals surface area contributed by atoms with Crippen molar-refractivity contribution in [2.24, 2.45) is 0 Å². The number of nitrogens with two attached hydrogens (primary N) is 1. The minimum atomic E-state index is -0.553. The third-order valence-electron chi connectivity index (χ3n) is 5.54. The van der Waals surface area contributed by atoms with Crippen molar-refractivity contribution in [1.82, 2.24) is 19.9 Å². The highest BCUT2D eigenvalue weighted by molar-refractivity contribution is 9.11. The standard InChI is InChI=1S/C10H4Br2N4O4.C10H8N4O2/c11-5-3-1-2-4-6(12)10(16(19)20)14-8(4)7(3)13-9(5)15(17)18;11-7-3-5-1-2-6-4-8(14(15)16)13-10(6)9(5)12-7/h1-2,13-14H;1-4,12-13H,11H2. The molecule has 14 nitrogen and oxygen atoms in total. The molecule has 4 heterocycles. The first-order chi connectivity index (χ1) is 17.1. The van der Waals surface area contributed by atoms with E-state index in [4.69, 9.17) is 5.73 Å². The fraction of sp³-hybridized carbons (Fsp3) is 0. The molecule has 4 aromatic heterocycles. The molecule has 6 N–H and O–H groups in total. The molecule has 0 bridgehead atoms. The van der Waals surface area contributed by atoms with Crippen LogP contribution in [0.15, 0.2) is 45.3 Å². The first-order valence-corrected chi connectivity index (χ1v) is 11.5. The summed E-state index contributed by atoms with van der Waals surface area (Å²) < 4.78 is 0.626. The maximum atomic E-state index is 10.9. The van der Waals surface area contributed by atoms with Gasteiger partial charge in [-0.05, 0) is 70.9 Å². The van der Waals surface area contributed by atoms with Gasteiger partial charge in [-0.15, -0.1) is 0 Å². The van der Waals surface area contributed by atoms with Crippen LogP contribution in [0.4, 0.5) is 23.3 Å². The number of H-pyrrole nitrogens is 4. The quantitative estimate of drug-likeness (QED) is 0.115. The highest BCUT2D eigenvalue weighted by atomic mass is 79.9. The molecule has 2 aromatic carbocycles. The summed E-state index contributed by atoms with van der Waals surface area (Å²) in [7, 11) is 0. The second-order valence-electron chi connectivity index (χ2n) is 7.63. The zero-order valence-electron chi connectivity index (χ0n) is 17.6. The van der Waals surface area contributed by atoms with E-state index in [-0.39, 0.29) is 17.5 Å². The lowest BCUT2D eigenvalue weighted by Gasteiger charge is -1.89. The number of halogens is 2. The Morgan fingerprint density at radius 3 is 1.58 bits per heavy atom. The van der Waals surface area contributed by atoms with Crippen LogP contribution in [-0.2, 0) is 0 Å². The Hall–Kier alpha value is -4.44. The van der Waals surface area contributed by atoms with Crippen LogP contribution in [0.5, 0.6) is 0 Å². The lowest BCUT2D eigenvalue weighted by Crippen LogP contribution is -1.88. The van der Waals surface area contributed by atoms with Gasteiger partial charge < -0.3 is 41.1 Å². The molecule has 182 valence electrons. The van der Waals surface area contributed by atoms with E-state index in [9.17, 15) is 30.3 Å². The number of rotatable bonds is 3. The molecule has 0 spiro atoms. The molecule has 0 amide bonds. The van der Waals surface area contributed by atoms with Gasteiger partial charge in [-0.2, -0.15) is 0 Å². The molecule has 0 aliphatic carbocycles. The normalized spacial score (nSPS) is 11.3. The van der Waals surface area contributed by atoms with E-state index in [2.05, 4.69) is 51.8 Å². The number of nitrogen functional groups attached to an aromatic ring is 1. The molecular weight excluding hydrogens is 608 g/mol. The zero-order chi connectivity index (χ0) is 25.9. The van der Waals surface area contributed by atoms with Gasteiger partial charge in [0.15, 0.2) is 16.6 Å². The van der Waals surface area contributed by atoms with Crippen molar-refractivity contribution >= 4 is 98.7 Å². The van der Waals surface area contributed by atoms with Gasteiger partial charge >= 0.3 is 17.5 Å². The Bertz CT molecular complexity index is 1810. The van der Waals surface area contributed by atoms with Gasteiger partial charge in [-0.3, -0.25) is 0 Å². The highest BCUT2D eigenvalue weighted by Gasteiger charge is 2.26. The molecule has 36 heavy (non-hydrogen) atoms. The van der Waals surface area contributed by atoms with Crippen molar-refractivity contribution in [2.45, 2.75) is 0 Å². The highest BCUT2D eigenvalue weighted by Crippen LogP contribution is 2.40. The number of nitro groups is 3. The second kappa shape index (κ2) is 8.35. The lowest BCUT2D eigenvalue weighted by molar-refractivity contribution is -0.390. The monoisotopic (exact) mass is 618 g/mol. The molecule has 6 rings (SSSR count). The molecule has 0 saturated carbocycles. The number of aromatic amines is 4. The fourth-order valence-corrected chi connectivity index (χ4v) is 5.13. The topological polar surface area (TPSA) is 219 Å². The molecule has 0 aliphatic rings. The molecule has 0 fully saturated rings. The largest absolute Gasteiger partial charge is 0.385 e. The average Bonchev–Trinajstić information content (AvgIpc) is 3.56. The molecular formula is C20H12Br2N8O6. The molecule has 0 aliphatic heterocycles. The lowest BCUT2D eigenvalue weighted by atomic mass is 10.2. The minimum Gasteiger partial charge on any atom is -0.385 e. The van der Waals surface area contributed by atoms with E-state index in [0.717, 1.165) is 16.3 Å². The summed E-state index contributed by atoms with van der Waals surface area (Å²) >= 11 is 6.32. The summed E-state index contributed by atoms with van der Waals surface area (Å²) in [5.41, 5.74) is 8.03. The summed E-state index contributed by atoms with van der Waals surface area (Å²) in [6, 6.07) is 10.3. The Kier molecular flexibility index (Phi) is 5.40. The predicted molar refractivity (Wildman–Crippen MR) is 140 cm³/mol. The second-order valence-corrected chi connectivity index (χ2v) is 9.22. The van der Waals surface area contributed by atoms with Crippen molar-refractivity contribution < 1.29 is 14.8 Å². The number of hydrogen-bond acceptors (Lipinski definition) is 7. The van der Waals surface area contributed by atoms with Crippen LogP contribution < -0.4 is 5.73 Å². The van der Waals surface area contributed by atoms with Crippen molar-refractivity contribution in [2.75, 3.05) is 5.73 Å². The number of nitrogens with one attached hydrogen (secondary N) is 4. The van der Waals surface area contributed by atoms with Gasteiger partial charge in [0.25, 0.3) is 0 Å². The van der Waals surface area contributed by atoms with Crippen molar-refractivity contribution in [3.05, 3.63) is 75.7 Å². The minimum absolute atomic E-state index is 0.0179. The number of aromatic nitrogens is 4. The molecule has 0 saturated heterocycles. The number of nitrogens with zero attached hydrogens (tertiary/aromatic N) is 3. The van der Waals surface area contributed by atoms with Crippen molar-refractivity contribution in [3.8, 4) is 0 Å². The maximum absolute atomic E-state index is 10.9. The van der Waals surface area contributed by atoms with Crippen LogP contribution in [0.3, 0.4) is 0 Å². The van der Waals surface area contributed by atoms with Crippen LogP contribution in [0.2, 0.25) is 0 Å². The summed E-state index contributed by atoms with van der Waals surface area (Å²) in [5.74, 6) is 0.136. The fourth-order valence-electron chi connectivity index (χ4n) is 3.98. The summed E-state index contributed by atoms with van der Waals surface area (Å²) in [5, 5.41) is 35.4. The van der Waals surface area contributed by atoms with E-state index < -0.39 is 14.8 Å². The van der Waals surface area contributed by atoms with Gasteiger partial charge in [0.2, 0.25) is 0 Å². The number of fused-ring (bicyclic) bond motifs is 6. The van der Waals surface area contributed by atoms with E-state index in [1.807, 2.05) is 12.1 Å². The van der Waals surface area contributed by atoms with Crippen molar-refractivity contribution in [3.63, 3.8) is 0 Å². The molecule has 0 atom stereocenters. The summed E-state index contributed by atoms with van der Waals surface area (Å²) in [6.45, 7) is 0.